The number of ether oxygens (including phenoxy) is 3. The summed E-state index contributed by atoms with van der Waals surface area (Å²) in [6.45, 7) is 12.1. The fourth-order valence-electron chi connectivity index (χ4n) is 4.30. The van der Waals surface area contributed by atoms with Crippen LogP contribution in [-0.4, -0.2) is 53.4 Å². The van der Waals surface area contributed by atoms with Gasteiger partial charge in [-0.2, -0.15) is 0 Å². The number of carbonyl (C=O) groups is 1. The topological polar surface area (TPSA) is 77.0 Å². The molecule has 0 fully saturated rings. The largest absolute Gasteiger partial charge is 0.489 e. The molecule has 1 amide bonds. The van der Waals surface area contributed by atoms with Crippen molar-refractivity contribution < 1.29 is 19.0 Å². The van der Waals surface area contributed by atoms with Gasteiger partial charge in [0.05, 0.1) is 18.7 Å². The highest BCUT2D eigenvalue weighted by Crippen LogP contribution is 2.34. The molecule has 0 radical (unpaired) electrons. The second-order valence-corrected chi connectivity index (χ2v) is 9.20. The lowest BCUT2D eigenvalue weighted by molar-refractivity contribution is 0.120. The zero-order valence-electron chi connectivity index (χ0n) is 20.7. The van der Waals surface area contributed by atoms with Gasteiger partial charge in [-0.05, 0) is 64.7 Å². The van der Waals surface area contributed by atoms with E-state index >= 15 is 0 Å². The van der Waals surface area contributed by atoms with Gasteiger partial charge in [0.2, 0.25) is 0 Å². The lowest BCUT2D eigenvalue weighted by Gasteiger charge is -2.33. The van der Waals surface area contributed by atoms with Gasteiger partial charge in [0.1, 0.15) is 19.0 Å². The van der Waals surface area contributed by atoms with Gasteiger partial charge in [0.15, 0.2) is 11.6 Å². The van der Waals surface area contributed by atoms with Crippen molar-refractivity contribution >= 4 is 11.9 Å². The maximum Gasteiger partial charge on any atom is 0.415 e. The Bertz CT molecular complexity index is 1050. The summed E-state index contributed by atoms with van der Waals surface area (Å²) in [7, 11) is 0. The quantitative estimate of drug-likeness (QED) is 0.596. The molecule has 0 N–H and O–H groups in total. The van der Waals surface area contributed by atoms with E-state index in [1.165, 1.54) is 5.57 Å². The number of hydrogen-bond donors (Lipinski definition) is 0. The highest BCUT2D eigenvalue weighted by atomic mass is 16.6. The Morgan fingerprint density at radius 3 is 2.65 bits per heavy atom. The molecular weight excluding hydrogens is 432 g/mol. The van der Waals surface area contributed by atoms with Crippen LogP contribution >= 0.6 is 0 Å². The molecule has 2 aliphatic rings. The Balaban J connectivity index is 1.45. The van der Waals surface area contributed by atoms with Crippen molar-refractivity contribution in [1.29, 1.82) is 0 Å². The van der Waals surface area contributed by atoms with Gasteiger partial charge in [0, 0.05) is 42.5 Å². The number of hydrogen-bond acceptors (Lipinski definition) is 7. The van der Waals surface area contributed by atoms with E-state index in [4.69, 9.17) is 14.2 Å². The maximum atomic E-state index is 12.5. The highest BCUT2D eigenvalue weighted by Gasteiger charge is 2.28. The Hall–Kier alpha value is -3.29. The Labute approximate surface area is 201 Å². The molecule has 0 saturated carbocycles. The zero-order valence-corrected chi connectivity index (χ0v) is 20.7. The van der Waals surface area contributed by atoms with E-state index in [-0.39, 0.29) is 12.1 Å². The van der Waals surface area contributed by atoms with Crippen molar-refractivity contribution in [3.05, 3.63) is 53.1 Å². The minimum absolute atomic E-state index is 0.111. The average molecular weight is 467 g/mol. The first-order valence-corrected chi connectivity index (χ1v) is 11.9. The third-order valence-electron chi connectivity index (χ3n) is 5.96. The van der Waals surface area contributed by atoms with E-state index in [1.54, 1.807) is 4.90 Å². The van der Waals surface area contributed by atoms with Crippen LogP contribution in [0.3, 0.4) is 0 Å². The molecule has 4 rings (SSSR count). The first-order chi connectivity index (χ1) is 16.3. The van der Waals surface area contributed by atoms with E-state index in [1.807, 2.05) is 52.1 Å². The minimum atomic E-state index is -0.393. The van der Waals surface area contributed by atoms with Crippen molar-refractivity contribution in [2.45, 2.75) is 59.6 Å². The number of fused-ring (bicyclic) bond motifs is 1. The summed E-state index contributed by atoms with van der Waals surface area (Å²) in [5.41, 5.74) is 4.22. The van der Waals surface area contributed by atoms with Gasteiger partial charge in [-0.15, -0.1) is 0 Å². The molecule has 8 nitrogen and oxygen atoms in total. The fourth-order valence-corrected chi connectivity index (χ4v) is 4.30. The monoisotopic (exact) mass is 466 g/mol. The van der Waals surface area contributed by atoms with Crippen molar-refractivity contribution in [3.63, 3.8) is 0 Å². The summed E-state index contributed by atoms with van der Waals surface area (Å²) in [5.74, 6) is 1.98. The second kappa shape index (κ2) is 10.3. The van der Waals surface area contributed by atoms with Crippen LogP contribution in [0.25, 0.3) is 0 Å². The summed E-state index contributed by atoms with van der Waals surface area (Å²) < 4.78 is 17.3. The number of anilines is 1. The van der Waals surface area contributed by atoms with Crippen LogP contribution in [0, 0.1) is 13.8 Å². The van der Waals surface area contributed by atoms with Crippen LogP contribution in [0.15, 0.2) is 36.2 Å². The van der Waals surface area contributed by atoms with Gasteiger partial charge < -0.3 is 19.1 Å². The molecule has 2 aliphatic heterocycles. The standard InChI is InChI=1S/C26H34N4O4/c1-17(2)34-26(31)30-9-10-32-24-13-22(14-27-25(24)30)20(5)29-8-6-7-21(15-29)16-33-23-11-18(3)28-19(4)12-23/h11-15,17,20H,6-10,16H2,1-5H3. The summed E-state index contributed by atoms with van der Waals surface area (Å²) in [6.07, 6.45) is 5.55. The molecule has 182 valence electrons. The van der Waals surface area contributed by atoms with E-state index in [9.17, 15) is 4.79 Å². The third-order valence-corrected chi connectivity index (χ3v) is 5.96. The molecule has 2 aromatic heterocycles. The number of aryl methyl sites for hydroxylation is 2. The molecule has 0 spiro atoms. The summed E-state index contributed by atoms with van der Waals surface area (Å²) in [5, 5.41) is 0. The maximum absolute atomic E-state index is 12.5. The van der Waals surface area contributed by atoms with Crippen LogP contribution in [0.5, 0.6) is 11.5 Å². The van der Waals surface area contributed by atoms with Crippen molar-refractivity contribution in [2.75, 3.05) is 31.2 Å². The first kappa shape index (κ1) is 23.9. The summed E-state index contributed by atoms with van der Waals surface area (Å²) in [6, 6.07) is 6.04. The minimum Gasteiger partial charge on any atom is -0.489 e. The molecule has 0 aromatic carbocycles. The van der Waals surface area contributed by atoms with Gasteiger partial charge in [0.25, 0.3) is 0 Å². The van der Waals surface area contributed by atoms with Gasteiger partial charge >= 0.3 is 6.09 Å². The molecule has 0 aliphatic carbocycles. The number of carbonyl (C=O) groups excluding carboxylic acids is 1. The summed E-state index contributed by atoms with van der Waals surface area (Å²) in [4.78, 5) is 25.3. The van der Waals surface area contributed by atoms with Crippen molar-refractivity contribution in [2.24, 2.45) is 0 Å². The molecule has 1 unspecified atom stereocenters. The number of rotatable bonds is 6. The average Bonchev–Trinajstić information content (AvgIpc) is 2.80. The molecular formula is C26H34N4O4. The number of pyridine rings is 2. The number of aromatic nitrogens is 2. The predicted octanol–water partition coefficient (Wildman–Crippen LogP) is 4.96. The SMILES string of the molecule is Cc1cc(OCC2=CN(C(C)c3cnc4c(c3)OCCN4C(=O)OC(C)C)CCC2)cc(C)n1. The summed E-state index contributed by atoms with van der Waals surface area (Å²) >= 11 is 0. The van der Waals surface area contributed by atoms with E-state index in [2.05, 4.69) is 28.0 Å². The van der Waals surface area contributed by atoms with E-state index in [0.717, 1.165) is 42.1 Å². The first-order valence-electron chi connectivity index (χ1n) is 11.9. The van der Waals surface area contributed by atoms with Gasteiger partial charge in [-0.3, -0.25) is 9.88 Å². The van der Waals surface area contributed by atoms with E-state index in [0.29, 0.717) is 31.3 Å². The molecule has 2 aromatic rings. The smallest absolute Gasteiger partial charge is 0.415 e. The van der Waals surface area contributed by atoms with Gasteiger partial charge in [-0.1, -0.05) is 0 Å². The number of amides is 1. The third kappa shape index (κ3) is 5.61. The molecule has 4 heterocycles. The van der Waals surface area contributed by atoms with Gasteiger partial charge in [-0.25, -0.2) is 9.78 Å². The lowest BCUT2D eigenvalue weighted by Crippen LogP contribution is -2.40. The lowest BCUT2D eigenvalue weighted by atomic mass is 10.0. The molecule has 8 heteroatoms. The molecule has 0 saturated heterocycles. The van der Waals surface area contributed by atoms with Crippen molar-refractivity contribution in [3.8, 4) is 11.5 Å². The Kier molecular flexibility index (Phi) is 7.24. The van der Waals surface area contributed by atoms with Crippen molar-refractivity contribution in [1.82, 2.24) is 14.9 Å². The zero-order chi connectivity index (χ0) is 24.2. The van der Waals surface area contributed by atoms with Crippen LogP contribution in [0.1, 0.15) is 56.6 Å². The normalized spacial score (nSPS) is 16.5. The van der Waals surface area contributed by atoms with Crippen LogP contribution in [-0.2, 0) is 4.74 Å². The Morgan fingerprint density at radius 1 is 1.15 bits per heavy atom. The molecule has 34 heavy (non-hydrogen) atoms. The van der Waals surface area contributed by atoms with Crippen LogP contribution in [0.2, 0.25) is 0 Å². The molecule has 0 bridgehead atoms. The highest BCUT2D eigenvalue weighted by molar-refractivity contribution is 5.88. The molecule has 1 atom stereocenters. The second-order valence-electron chi connectivity index (χ2n) is 9.20. The number of nitrogens with zero attached hydrogens (tertiary/aromatic N) is 4. The van der Waals surface area contributed by atoms with E-state index < -0.39 is 6.09 Å². The van der Waals surface area contributed by atoms with Crippen LogP contribution < -0.4 is 14.4 Å². The fraction of sp³-hybridized carbons (Fsp3) is 0.500. The predicted molar refractivity (Wildman–Crippen MR) is 130 cm³/mol. The van der Waals surface area contributed by atoms with Crippen LogP contribution in [0.4, 0.5) is 10.6 Å². The Morgan fingerprint density at radius 2 is 1.91 bits per heavy atom.